The van der Waals surface area contributed by atoms with Crippen molar-refractivity contribution in [2.75, 3.05) is 5.43 Å². The predicted octanol–water partition coefficient (Wildman–Crippen LogP) is 5.66. The first kappa shape index (κ1) is 16.8. The molecule has 0 saturated carbocycles. The van der Waals surface area contributed by atoms with Gasteiger partial charge < -0.3 is 5.11 Å². The van der Waals surface area contributed by atoms with Crippen LogP contribution in [0.5, 0.6) is 5.75 Å². The first-order chi connectivity index (χ1) is 11.5. The number of hydrogen-bond donors (Lipinski definition) is 2. The maximum atomic E-state index is 9.31. The Bertz CT molecular complexity index is 891. The van der Waals surface area contributed by atoms with Crippen molar-refractivity contribution >= 4 is 45.4 Å². The molecule has 2 N–H and O–H groups in total. The Hall–Kier alpha value is -2.08. The normalized spacial score (nSPS) is 11.5. The average molecular weight is 378 g/mol. The molecule has 3 aromatic rings. The van der Waals surface area contributed by atoms with Gasteiger partial charge in [0.2, 0.25) is 5.13 Å². The van der Waals surface area contributed by atoms with Crippen LogP contribution in [-0.2, 0) is 0 Å². The van der Waals surface area contributed by atoms with E-state index >= 15 is 0 Å². The van der Waals surface area contributed by atoms with Gasteiger partial charge in [-0.3, -0.25) is 5.43 Å². The van der Waals surface area contributed by atoms with Crippen molar-refractivity contribution in [1.82, 2.24) is 4.98 Å². The monoisotopic (exact) mass is 377 g/mol. The van der Waals surface area contributed by atoms with Gasteiger partial charge in [-0.05, 0) is 55.0 Å². The summed E-state index contributed by atoms with van der Waals surface area (Å²) in [5.41, 5.74) is 6.23. The summed E-state index contributed by atoms with van der Waals surface area (Å²) in [7, 11) is 0. The van der Waals surface area contributed by atoms with Crippen molar-refractivity contribution in [2.24, 2.45) is 5.10 Å². The van der Waals surface area contributed by atoms with E-state index in [-0.39, 0.29) is 5.75 Å². The lowest BCUT2D eigenvalue weighted by molar-refractivity contribution is 0.475. The molecule has 0 aliphatic heterocycles. The van der Waals surface area contributed by atoms with Crippen LogP contribution in [0.15, 0.2) is 52.9 Å². The molecule has 1 aromatic heterocycles. The fourth-order valence-corrected chi connectivity index (χ4v) is 3.20. The standard InChI is InChI=1S/C17H13Cl2N3OS/c1-10(11-2-5-13(23)6-3-11)21-22-17-20-16(9-24-17)14-7-4-12(18)8-15(14)19/h2-9,23H,1H3,(H,20,22)/b21-10+. The largest absolute Gasteiger partial charge is 0.508 e. The molecule has 0 saturated heterocycles. The van der Waals surface area contributed by atoms with Crippen LogP contribution in [-0.4, -0.2) is 15.8 Å². The number of anilines is 1. The van der Waals surface area contributed by atoms with Crippen LogP contribution in [0.1, 0.15) is 12.5 Å². The van der Waals surface area contributed by atoms with Gasteiger partial charge in [0.25, 0.3) is 0 Å². The third-order valence-electron chi connectivity index (χ3n) is 3.32. The van der Waals surface area contributed by atoms with Gasteiger partial charge in [-0.25, -0.2) is 4.98 Å². The average Bonchev–Trinajstić information content (AvgIpc) is 3.02. The zero-order chi connectivity index (χ0) is 17.1. The summed E-state index contributed by atoms with van der Waals surface area (Å²) < 4.78 is 0. The van der Waals surface area contributed by atoms with E-state index in [0.29, 0.717) is 15.2 Å². The molecule has 2 aromatic carbocycles. The van der Waals surface area contributed by atoms with Crippen LogP contribution in [0.25, 0.3) is 11.3 Å². The Morgan fingerprint density at radius 3 is 2.62 bits per heavy atom. The van der Waals surface area contributed by atoms with Crippen LogP contribution < -0.4 is 5.43 Å². The highest BCUT2D eigenvalue weighted by Crippen LogP contribution is 2.32. The van der Waals surface area contributed by atoms with Crippen molar-refractivity contribution in [2.45, 2.75) is 6.92 Å². The van der Waals surface area contributed by atoms with E-state index in [2.05, 4.69) is 15.5 Å². The van der Waals surface area contributed by atoms with Crippen molar-refractivity contribution in [3.05, 3.63) is 63.5 Å². The Labute approximate surface area is 153 Å². The third kappa shape index (κ3) is 3.87. The molecule has 0 unspecified atom stereocenters. The Morgan fingerprint density at radius 2 is 1.92 bits per heavy atom. The quantitative estimate of drug-likeness (QED) is 0.455. The third-order valence-corrected chi connectivity index (χ3v) is 4.61. The fourth-order valence-electron chi connectivity index (χ4n) is 2.04. The number of rotatable bonds is 4. The molecule has 0 spiro atoms. The van der Waals surface area contributed by atoms with Gasteiger partial charge in [0.15, 0.2) is 0 Å². The number of thiazole rings is 1. The number of aromatic nitrogens is 1. The van der Waals surface area contributed by atoms with Crippen molar-refractivity contribution < 1.29 is 5.11 Å². The molecule has 0 aliphatic carbocycles. The van der Waals surface area contributed by atoms with Crippen LogP contribution in [0, 0.1) is 0 Å². The predicted molar refractivity (Wildman–Crippen MR) is 102 cm³/mol. The van der Waals surface area contributed by atoms with Gasteiger partial charge in [0, 0.05) is 16.0 Å². The molecule has 24 heavy (non-hydrogen) atoms. The lowest BCUT2D eigenvalue weighted by Crippen LogP contribution is -1.99. The summed E-state index contributed by atoms with van der Waals surface area (Å²) >= 11 is 13.6. The molecule has 122 valence electrons. The molecule has 7 heteroatoms. The maximum absolute atomic E-state index is 9.31. The summed E-state index contributed by atoms with van der Waals surface area (Å²) in [6.07, 6.45) is 0. The number of phenolic OH excluding ortho intramolecular Hbond substituents is 1. The molecular weight excluding hydrogens is 365 g/mol. The number of hydrazone groups is 1. The van der Waals surface area contributed by atoms with Crippen LogP contribution in [0.4, 0.5) is 5.13 Å². The molecule has 1 heterocycles. The highest BCUT2D eigenvalue weighted by atomic mass is 35.5. The van der Waals surface area contributed by atoms with E-state index < -0.39 is 0 Å². The summed E-state index contributed by atoms with van der Waals surface area (Å²) in [4.78, 5) is 4.48. The van der Waals surface area contributed by atoms with Crippen LogP contribution in [0.2, 0.25) is 10.0 Å². The lowest BCUT2D eigenvalue weighted by Gasteiger charge is -2.02. The molecule has 0 bridgehead atoms. The fraction of sp³-hybridized carbons (Fsp3) is 0.0588. The second kappa shape index (κ2) is 7.21. The topological polar surface area (TPSA) is 57.5 Å². The van der Waals surface area contributed by atoms with E-state index in [4.69, 9.17) is 23.2 Å². The van der Waals surface area contributed by atoms with Gasteiger partial charge in [0.05, 0.1) is 16.4 Å². The minimum absolute atomic E-state index is 0.226. The van der Waals surface area contributed by atoms with Crippen molar-refractivity contribution in [1.29, 1.82) is 0 Å². The van der Waals surface area contributed by atoms with E-state index in [1.165, 1.54) is 11.3 Å². The second-order valence-electron chi connectivity index (χ2n) is 5.02. The number of nitrogens with zero attached hydrogens (tertiary/aromatic N) is 2. The van der Waals surface area contributed by atoms with Crippen molar-refractivity contribution in [3.63, 3.8) is 0 Å². The molecule has 4 nitrogen and oxygen atoms in total. The zero-order valence-electron chi connectivity index (χ0n) is 12.6. The molecule has 0 radical (unpaired) electrons. The van der Waals surface area contributed by atoms with E-state index in [9.17, 15) is 5.11 Å². The smallest absolute Gasteiger partial charge is 0.203 e. The van der Waals surface area contributed by atoms with Gasteiger partial charge in [0.1, 0.15) is 5.75 Å². The number of aromatic hydroxyl groups is 1. The minimum Gasteiger partial charge on any atom is -0.508 e. The van der Waals surface area contributed by atoms with Gasteiger partial charge in [-0.2, -0.15) is 5.10 Å². The first-order valence-corrected chi connectivity index (χ1v) is 8.67. The molecule has 0 atom stereocenters. The Morgan fingerprint density at radius 1 is 1.17 bits per heavy atom. The summed E-state index contributed by atoms with van der Waals surface area (Å²) in [6, 6.07) is 12.2. The highest BCUT2D eigenvalue weighted by Gasteiger charge is 2.09. The van der Waals surface area contributed by atoms with Crippen LogP contribution in [0.3, 0.4) is 0 Å². The molecular formula is C17H13Cl2N3OS. The first-order valence-electron chi connectivity index (χ1n) is 7.03. The number of hydrogen-bond acceptors (Lipinski definition) is 5. The molecule has 3 rings (SSSR count). The van der Waals surface area contributed by atoms with Gasteiger partial charge in [-0.1, -0.05) is 23.2 Å². The van der Waals surface area contributed by atoms with Crippen LogP contribution >= 0.6 is 34.5 Å². The van der Waals surface area contributed by atoms with E-state index in [0.717, 1.165) is 22.5 Å². The van der Waals surface area contributed by atoms with Crippen molar-refractivity contribution in [3.8, 4) is 17.0 Å². The van der Waals surface area contributed by atoms with Gasteiger partial charge >= 0.3 is 0 Å². The number of nitrogens with one attached hydrogen (secondary N) is 1. The lowest BCUT2D eigenvalue weighted by atomic mass is 10.1. The molecule has 0 amide bonds. The highest BCUT2D eigenvalue weighted by molar-refractivity contribution is 7.14. The summed E-state index contributed by atoms with van der Waals surface area (Å²) in [5.74, 6) is 0.226. The number of phenols is 1. The zero-order valence-corrected chi connectivity index (χ0v) is 15.0. The van der Waals surface area contributed by atoms with Gasteiger partial charge in [-0.15, -0.1) is 11.3 Å². The maximum Gasteiger partial charge on any atom is 0.203 e. The Balaban J connectivity index is 1.76. The SMILES string of the molecule is C/C(=N\Nc1nc(-c2ccc(Cl)cc2Cl)cs1)c1ccc(O)cc1. The summed E-state index contributed by atoms with van der Waals surface area (Å²) in [6.45, 7) is 1.88. The Kier molecular flexibility index (Phi) is 5.04. The molecule has 0 fully saturated rings. The summed E-state index contributed by atoms with van der Waals surface area (Å²) in [5, 5.41) is 17.3. The number of halogens is 2. The van der Waals surface area contributed by atoms with E-state index in [1.54, 1.807) is 36.4 Å². The minimum atomic E-state index is 0.226. The number of benzene rings is 2. The molecule has 0 aliphatic rings. The van der Waals surface area contributed by atoms with E-state index in [1.807, 2.05) is 18.4 Å². The second-order valence-corrected chi connectivity index (χ2v) is 6.72.